The molecule has 0 aromatic heterocycles. The minimum absolute atomic E-state index is 0.141. The average Bonchev–Trinajstić information content (AvgIpc) is 2.33. The number of ether oxygens (including phenoxy) is 1. The van der Waals surface area contributed by atoms with Gasteiger partial charge in [0.2, 0.25) is 0 Å². The average molecular weight is 239 g/mol. The molecule has 1 rings (SSSR count). The Bertz CT molecular complexity index is 341. The highest BCUT2D eigenvalue weighted by atomic mass is 19.1. The predicted molar refractivity (Wildman–Crippen MR) is 68.7 cm³/mol. The van der Waals surface area contributed by atoms with Gasteiger partial charge >= 0.3 is 0 Å². The van der Waals surface area contributed by atoms with Crippen molar-refractivity contribution < 1.29 is 9.13 Å². The Morgan fingerprint density at radius 2 is 2.12 bits per heavy atom. The highest BCUT2D eigenvalue weighted by Gasteiger charge is 2.10. The Balaban J connectivity index is 2.56. The Labute approximate surface area is 103 Å². The summed E-state index contributed by atoms with van der Waals surface area (Å²) >= 11 is 0. The van der Waals surface area contributed by atoms with Crippen molar-refractivity contribution in [1.29, 1.82) is 0 Å². The van der Waals surface area contributed by atoms with E-state index >= 15 is 0 Å². The normalized spacial score (nSPS) is 12.7. The first-order chi connectivity index (χ1) is 8.19. The topological polar surface area (TPSA) is 21.3 Å². The summed E-state index contributed by atoms with van der Waals surface area (Å²) in [4.78, 5) is 0. The van der Waals surface area contributed by atoms with Crippen LogP contribution < -0.4 is 5.32 Å². The molecular weight excluding hydrogens is 217 g/mol. The predicted octanol–water partition coefficient (Wildman–Crippen LogP) is 3.21. The monoisotopic (exact) mass is 239 g/mol. The fourth-order valence-electron chi connectivity index (χ4n) is 1.75. The summed E-state index contributed by atoms with van der Waals surface area (Å²) < 4.78 is 18.9. The first-order valence-electron chi connectivity index (χ1n) is 6.20. The van der Waals surface area contributed by atoms with Crippen molar-refractivity contribution in [1.82, 2.24) is 5.32 Å². The number of hydrogen-bond donors (Lipinski definition) is 1. The van der Waals surface area contributed by atoms with E-state index in [0.717, 1.165) is 25.0 Å². The molecule has 17 heavy (non-hydrogen) atoms. The molecule has 0 bridgehead atoms. The van der Waals surface area contributed by atoms with Gasteiger partial charge in [0.05, 0.1) is 0 Å². The Hall–Kier alpha value is -0.930. The molecule has 0 aliphatic heterocycles. The second kappa shape index (κ2) is 7.41. The second-order valence-corrected chi connectivity index (χ2v) is 4.25. The molecule has 0 aliphatic rings. The molecule has 1 aromatic rings. The summed E-state index contributed by atoms with van der Waals surface area (Å²) in [7, 11) is 1.89. The van der Waals surface area contributed by atoms with Gasteiger partial charge in [0.1, 0.15) is 5.82 Å². The third-order valence-corrected chi connectivity index (χ3v) is 2.85. The highest BCUT2D eigenvalue weighted by Crippen LogP contribution is 2.19. The van der Waals surface area contributed by atoms with Crippen LogP contribution in [0.2, 0.25) is 0 Å². The molecule has 0 radical (unpaired) electrons. The molecular formula is C14H22FNO. The van der Waals surface area contributed by atoms with Crippen molar-refractivity contribution in [3.05, 3.63) is 35.1 Å². The fourth-order valence-corrected chi connectivity index (χ4v) is 1.75. The molecule has 0 saturated heterocycles. The molecule has 0 saturated carbocycles. The van der Waals surface area contributed by atoms with E-state index in [1.165, 1.54) is 0 Å². The fraction of sp³-hybridized carbons (Fsp3) is 0.571. The smallest absolute Gasteiger partial charge is 0.126 e. The van der Waals surface area contributed by atoms with E-state index in [0.29, 0.717) is 12.2 Å². The van der Waals surface area contributed by atoms with Crippen LogP contribution in [0.1, 0.15) is 36.9 Å². The van der Waals surface area contributed by atoms with Crippen LogP contribution >= 0.6 is 0 Å². The molecule has 2 nitrogen and oxygen atoms in total. The maximum Gasteiger partial charge on any atom is 0.126 e. The zero-order valence-corrected chi connectivity index (χ0v) is 10.9. The van der Waals surface area contributed by atoms with Gasteiger partial charge in [0.25, 0.3) is 0 Å². The van der Waals surface area contributed by atoms with Crippen LogP contribution in [0.15, 0.2) is 18.2 Å². The standard InChI is InChI=1S/C14H22FNO/c1-4-8-17-9-7-14(16-3)12-6-5-11(2)13(15)10-12/h5-6,10,14,16H,4,7-9H2,1-3H3. The van der Waals surface area contributed by atoms with E-state index in [4.69, 9.17) is 4.74 Å². The van der Waals surface area contributed by atoms with E-state index in [-0.39, 0.29) is 11.9 Å². The van der Waals surface area contributed by atoms with Crippen molar-refractivity contribution in [2.45, 2.75) is 32.7 Å². The van der Waals surface area contributed by atoms with E-state index in [1.807, 2.05) is 19.2 Å². The van der Waals surface area contributed by atoms with Crippen LogP contribution in [0.3, 0.4) is 0 Å². The maximum atomic E-state index is 13.5. The summed E-state index contributed by atoms with van der Waals surface area (Å²) in [5, 5.41) is 3.20. The van der Waals surface area contributed by atoms with E-state index in [9.17, 15) is 4.39 Å². The second-order valence-electron chi connectivity index (χ2n) is 4.25. The molecule has 3 heteroatoms. The number of benzene rings is 1. The Morgan fingerprint density at radius 3 is 2.71 bits per heavy atom. The zero-order valence-electron chi connectivity index (χ0n) is 10.9. The number of aryl methyl sites for hydroxylation is 1. The summed E-state index contributed by atoms with van der Waals surface area (Å²) in [6, 6.07) is 5.56. The van der Waals surface area contributed by atoms with Crippen LogP contribution in [-0.2, 0) is 4.74 Å². The van der Waals surface area contributed by atoms with Gasteiger partial charge in [-0.1, -0.05) is 19.1 Å². The third-order valence-electron chi connectivity index (χ3n) is 2.85. The van der Waals surface area contributed by atoms with Crippen molar-refractivity contribution in [2.24, 2.45) is 0 Å². The Kier molecular flexibility index (Phi) is 6.16. The minimum Gasteiger partial charge on any atom is -0.381 e. The zero-order chi connectivity index (χ0) is 12.7. The molecule has 0 heterocycles. The van der Waals surface area contributed by atoms with Crippen LogP contribution in [0.4, 0.5) is 4.39 Å². The SMILES string of the molecule is CCCOCCC(NC)c1ccc(C)c(F)c1. The number of rotatable bonds is 7. The lowest BCUT2D eigenvalue weighted by Gasteiger charge is -2.17. The van der Waals surface area contributed by atoms with Crippen LogP contribution in [0.5, 0.6) is 0 Å². The van der Waals surface area contributed by atoms with Gasteiger partial charge < -0.3 is 10.1 Å². The quantitative estimate of drug-likeness (QED) is 0.738. The van der Waals surface area contributed by atoms with Crippen molar-refractivity contribution in [2.75, 3.05) is 20.3 Å². The third kappa shape index (κ3) is 4.44. The van der Waals surface area contributed by atoms with Gasteiger partial charge in [-0.15, -0.1) is 0 Å². The molecule has 0 spiro atoms. The molecule has 96 valence electrons. The molecule has 1 atom stereocenters. The van der Waals surface area contributed by atoms with Gasteiger partial charge in [-0.05, 0) is 44.0 Å². The maximum absolute atomic E-state index is 13.5. The first-order valence-corrected chi connectivity index (χ1v) is 6.20. The van der Waals surface area contributed by atoms with Crippen molar-refractivity contribution >= 4 is 0 Å². The Morgan fingerprint density at radius 1 is 1.35 bits per heavy atom. The molecule has 1 aromatic carbocycles. The molecule has 1 unspecified atom stereocenters. The summed E-state index contributed by atoms with van der Waals surface area (Å²) in [5.41, 5.74) is 1.67. The lowest BCUT2D eigenvalue weighted by Crippen LogP contribution is -2.18. The van der Waals surface area contributed by atoms with Gasteiger partial charge in [-0.3, -0.25) is 0 Å². The minimum atomic E-state index is -0.141. The summed E-state index contributed by atoms with van der Waals surface area (Å²) in [5.74, 6) is -0.141. The van der Waals surface area contributed by atoms with Crippen molar-refractivity contribution in [3.8, 4) is 0 Å². The lowest BCUT2D eigenvalue weighted by molar-refractivity contribution is 0.125. The lowest BCUT2D eigenvalue weighted by atomic mass is 10.0. The highest BCUT2D eigenvalue weighted by molar-refractivity contribution is 5.25. The van der Waals surface area contributed by atoms with Crippen molar-refractivity contribution in [3.63, 3.8) is 0 Å². The summed E-state index contributed by atoms with van der Waals surface area (Å²) in [6.45, 7) is 5.36. The largest absolute Gasteiger partial charge is 0.381 e. The molecule has 1 N–H and O–H groups in total. The summed E-state index contributed by atoms with van der Waals surface area (Å²) in [6.07, 6.45) is 1.89. The number of hydrogen-bond acceptors (Lipinski definition) is 2. The molecule has 0 amide bonds. The van der Waals surface area contributed by atoms with E-state index < -0.39 is 0 Å². The van der Waals surface area contributed by atoms with Crippen LogP contribution in [0.25, 0.3) is 0 Å². The van der Waals surface area contributed by atoms with Gasteiger partial charge in [0.15, 0.2) is 0 Å². The van der Waals surface area contributed by atoms with Crippen LogP contribution in [0, 0.1) is 12.7 Å². The van der Waals surface area contributed by atoms with Gasteiger partial charge in [0, 0.05) is 19.3 Å². The van der Waals surface area contributed by atoms with Gasteiger partial charge in [-0.25, -0.2) is 4.39 Å². The van der Waals surface area contributed by atoms with Crippen LogP contribution in [-0.4, -0.2) is 20.3 Å². The molecule has 0 aliphatic carbocycles. The number of halogens is 1. The number of nitrogens with one attached hydrogen (secondary N) is 1. The van der Waals surface area contributed by atoms with Gasteiger partial charge in [-0.2, -0.15) is 0 Å². The van der Waals surface area contributed by atoms with E-state index in [2.05, 4.69) is 12.2 Å². The van der Waals surface area contributed by atoms with E-state index in [1.54, 1.807) is 13.0 Å². The molecule has 0 fully saturated rings. The first kappa shape index (κ1) is 14.1.